The summed E-state index contributed by atoms with van der Waals surface area (Å²) in [5, 5.41) is 2.22. The van der Waals surface area contributed by atoms with Crippen molar-refractivity contribution < 1.29 is 14.4 Å². The Morgan fingerprint density at radius 3 is 2.89 bits per heavy atom. The number of carbonyl (C=O) groups is 3. The third-order valence-corrected chi connectivity index (χ3v) is 2.79. The van der Waals surface area contributed by atoms with Gasteiger partial charge in [-0.3, -0.25) is 24.7 Å². The molecule has 1 aromatic rings. The van der Waals surface area contributed by atoms with Crippen LogP contribution in [0.2, 0.25) is 0 Å². The molecule has 0 bridgehead atoms. The zero-order chi connectivity index (χ0) is 13.1. The molecule has 18 heavy (non-hydrogen) atoms. The van der Waals surface area contributed by atoms with Crippen molar-refractivity contribution in [2.75, 3.05) is 6.54 Å². The molecular formula is C12H13N3O3. The minimum atomic E-state index is -0.614. The zero-order valence-corrected chi connectivity index (χ0v) is 9.92. The second-order valence-corrected chi connectivity index (χ2v) is 3.98. The number of amides is 3. The quantitative estimate of drug-likeness (QED) is 0.744. The number of hydrogen-bond donors (Lipinski definition) is 1. The van der Waals surface area contributed by atoms with Gasteiger partial charge in [-0.1, -0.05) is 13.0 Å². The summed E-state index contributed by atoms with van der Waals surface area (Å²) in [6.45, 7) is 1.68. The summed E-state index contributed by atoms with van der Waals surface area (Å²) in [4.78, 5) is 40.4. The van der Waals surface area contributed by atoms with E-state index < -0.39 is 23.8 Å². The van der Waals surface area contributed by atoms with E-state index in [1.807, 2.05) is 0 Å². The van der Waals surface area contributed by atoms with Crippen molar-refractivity contribution in [2.45, 2.75) is 19.4 Å². The molecule has 1 aromatic heterocycles. The van der Waals surface area contributed by atoms with Gasteiger partial charge in [0.05, 0.1) is 0 Å². The molecule has 1 aliphatic rings. The minimum absolute atomic E-state index is 0.111. The second-order valence-electron chi connectivity index (χ2n) is 3.98. The molecule has 0 aliphatic carbocycles. The van der Waals surface area contributed by atoms with Crippen molar-refractivity contribution in [1.29, 1.82) is 0 Å². The molecule has 3 amide bonds. The molecule has 6 nitrogen and oxygen atoms in total. The average Bonchev–Trinajstić information content (AvgIpc) is 2.38. The molecule has 0 spiro atoms. The largest absolute Gasteiger partial charge is 0.316 e. The van der Waals surface area contributed by atoms with E-state index in [2.05, 4.69) is 10.3 Å². The maximum Gasteiger partial charge on any atom is 0.273 e. The van der Waals surface area contributed by atoms with Gasteiger partial charge in [-0.15, -0.1) is 0 Å². The first-order valence-electron chi connectivity index (χ1n) is 5.69. The molecule has 1 atom stereocenters. The Morgan fingerprint density at radius 1 is 1.50 bits per heavy atom. The predicted octanol–water partition coefficient (Wildman–Crippen LogP) is -0.0412. The van der Waals surface area contributed by atoms with E-state index in [0.29, 0.717) is 6.42 Å². The van der Waals surface area contributed by atoms with E-state index in [-0.39, 0.29) is 12.2 Å². The lowest BCUT2D eigenvalue weighted by Gasteiger charge is -2.33. The first-order chi connectivity index (χ1) is 8.63. The Morgan fingerprint density at radius 2 is 2.28 bits per heavy atom. The fourth-order valence-corrected chi connectivity index (χ4v) is 1.92. The average molecular weight is 247 g/mol. The van der Waals surface area contributed by atoms with Crippen LogP contribution < -0.4 is 5.32 Å². The summed E-state index contributed by atoms with van der Waals surface area (Å²) < 4.78 is 0. The molecule has 0 saturated carbocycles. The lowest BCUT2D eigenvalue weighted by atomic mass is 10.1. The standard InChI is InChI=1S/C12H13N3O3/c1-2-9-11(17)14-10(16)7-15(9)12(18)8-5-3-4-6-13-8/h3-6,9H,2,7H2,1H3,(H,14,16,17). The minimum Gasteiger partial charge on any atom is -0.316 e. The Bertz CT molecular complexity index is 487. The number of hydrogen-bond acceptors (Lipinski definition) is 4. The van der Waals surface area contributed by atoms with Gasteiger partial charge in [0.25, 0.3) is 5.91 Å². The highest BCUT2D eigenvalue weighted by Crippen LogP contribution is 2.12. The van der Waals surface area contributed by atoms with E-state index in [0.717, 1.165) is 0 Å². The van der Waals surface area contributed by atoms with Gasteiger partial charge in [0, 0.05) is 6.20 Å². The molecule has 1 N–H and O–H groups in total. The molecule has 0 aromatic carbocycles. The maximum atomic E-state index is 12.2. The lowest BCUT2D eigenvalue weighted by Crippen LogP contribution is -2.59. The fourth-order valence-electron chi connectivity index (χ4n) is 1.92. The highest BCUT2D eigenvalue weighted by Gasteiger charge is 2.36. The SMILES string of the molecule is CCC1C(=O)NC(=O)CN1C(=O)c1ccccn1. The first kappa shape index (κ1) is 12.2. The van der Waals surface area contributed by atoms with Crippen LogP contribution >= 0.6 is 0 Å². The number of piperazine rings is 1. The number of carbonyl (C=O) groups excluding carboxylic acids is 3. The van der Waals surface area contributed by atoms with Crippen LogP contribution in [0.4, 0.5) is 0 Å². The lowest BCUT2D eigenvalue weighted by molar-refractivity contribution is -0.138. The van der Waals surface area contributed by atoms with Crippen LogP contribution in [0.25, 0.3) is 0 Å². The summed E-state index contributed by atoms with van der Waals surface area (Å²) in [5.74, 6) is -1.29. The Labute approximate surface area is 104 Å². The summed E-state index contributed by atoms with van der Waals surface area (Å²) >= 11 is 0. The van der Waals surface area contributed by atoms with Gasteiger partial charge in [-0.2, -0.15) is 0 Å². The van der Waals surface area contributed by atoms with E-state index in [1.54, 1.807) is 25.1 Å². The van der Waals surface area contributed by atoms with E-state index in [4.69, 9.17) is 0 Å². The van der Waals surface area contributed by atoms with Gasteiger partial charge < -0.3 is 4.90 Å². The zero-order valence-electron chi connectivity index (χ0n) is 9.92. The van der Waals surface area contributed by atoms with Crippen LogP contribution in [-0.4, -0.2) is 40.2 Å². The summed E-state index contributed by atoms with van der Waals surface area (Å²) in [7, 11) is 0. The number of rotatable bonds is 2. The normalized spacial score (nSPS) is 19.6. The van der Waals surface area contributed by atoms with Crippen molar-refractivity contribution in [3.63, 3.8) is 0 Å². The number of nitrogens with one attached hydrogen (secondary N) is 1. The van der Waals surface area contributed by atoms with Crippen LogP contribution in [0.15, 0.2) is 24.4 Å². The van der Waals surface area contributed by atoms with Crippen molar-refractivity contribution in [3.8, 4) is 0 Å². The Hall–Kier alpha value is -2.24. The van der Waals surface area contributed by atoms with Crippen LogP contribution in [0, 0.1) is 0 Å². The fraction of sp³-hybridized carbons (Fsp3) is 0.333. The number of pyridine rings is 1. The van der Waals surface area contributed by atoms with Gasteiger partial charge >= 0.3 is 0 Å². The molecule has 0 radical (unpaired) electrons. The Balaban J connectivity index is 2.27. The van der Waals surface area contributed by atoms with Gasteiger partial charge in [0.15, 0.2) is 0 Å². The smallest absolute Gasteiger partial charge is 0.273 e. The molecule has 2 rings (SSSR count). The number of nitrogens with zero attached hydrogens (tertiary/aromatic N) is 2. The van der Waals surface area contributed by atoms with Gasteiger partial charge in [-0.25, -0.2) is 0 Å². The molecular weight excluding hydrogens is 234 g/mol. The van der Waals surface area contributed by atoms with Crippen molar-refractivity contribution >= 4 is 17.7 Å². The molecule has 94 valence electrons. The maximum absolute atomic E-state index is 12.2. The number of imide groups is 1. The first-order valence-corrected chi connectivity index (χ1v) is 5.69. The highest BCUT2D eigenvalue weighted by molar-refractivity contribution is 6.06. The van der Waals surface area contributed by atoms with Crippen LogP contribution in [0.3, 0.4) is 0 Å². The molecule has 1 fully saturated rings. The van der Waals surface area contributed by atoms with Crippen LogP contribution in [0.1, 0.15) is 23.8 Å². The third kappa shape index (κ3) is 2.22. The van der Waals surface area contributed by atoms with Crippen molar-refractivity contribution in [1.82, 2.24) is 15.2 Å². The molecule has 1 saturated heterocycles. The Kier molecular flexibility index (Phi) is 3.36. The van der Waals surface area contributed by atoms with E-state index in [9.17, 15) is 14.4 Å². The van der Waals surface area contributed by atoms with Crippen LogP contribution in [-0.2, 0) is 9.59 Å². The van der Waals surface area contributed by atoms with E-state index in [1.165, 1.54) is 11.1 Å². The molecule has 2 heterocycles. The van der Waals surface area contributed by atoms with Crippen LogP contribution in [0.5, 0.6) is 0 Å². The number of aromatic nitrogens is 1. The molecule has 1 aliphatic heterocycles. The van der Waals surface area contributed by atoms with Crippen molar-refractivity contribution in [3.05, 3.63) is 30.1 Å². The molecule has 6 heteroatoms. The topological polar surface area (TPSA) is 79.4 Å². The predicted molar refractivity (Wildman–Crippen MR) is 62.5 cm³/mol. The van der Waals surface area contributed by atoms with Crippen molar-refractivity contribution in [2.24, 2.45) is 0 Å². The summed E-state index contributed by atoms with van der Waals surface area (Å²) in [6.07, 6.45) is 1.96. The highest BCUT2D eigenvalue weighted by atomic mass is 16.2. The monoisotopic (exact) mass is 247 g/mol. The molecule has 1 unspecified atom stereocenters. The third-order valence-electron chi connectivity index (χ3n) is 2.79. The second kappa shape index (κ2) is 4.95. The van der Waals surface area contributed by atoms with Gasteiger partial charge in [-0.05, 0) is 18.6 Å². The summed E-state index contributed by atoms with van der Waals surface area (Å²) in [6, 6.07) is 4.33. The summed E-state index contributed by atoms with van der Waals surface area (Å²) in [5.41, 5.74) is 0.235. The van der Waals surface area contributed by atoms with Gasteiger partial charge in [0.2, 0.25) is 11.8 Å². The van der Waals surface area contributed by atoms with Gasteiger partial charge in [0.1, 0.15) is 18.3 Å². The van der Waals surface area contributed by atoms with E-state index >= 15 is 0 Å².